The van der Waals surface area contributed by atoms with Gasteiger partial charge in [-0.3, -0.25) is 4.79 Å². The standard InChI is InChI=1S/C18H35NO3.Na.H/c1-4-5-6-7-8-9-10-11-12-13-17(20)22-18(21)16(19)14-15(2)3;;/h15-16H,4-14,19H2,1-3H3;;/t16-;;/m0../s1. The Balaban J connectivity index is 0. The minimum atomic E-state index is -0.688. The summed E-state index contributed by atoms with van der Waals surface area (Å²) in [6, 6.07) is -0.688. The molecule has 23 heavy (non-hydrogen) atoms. The van der Waals surface area contributed by atoms with E-state index in [0.717, 1.165) is 19.3 Å². The molecule has 4 nitrogen and oxygen atoms in total. The van der Waals surface area contributed by atoms with Crippen LogP contribution in [0.2, 0.25) is 0 Å². The first-order chi connectivity index (χ1) is 10.5. The van der Waals surface area contributed by atoms with Gasteiger partial charge in [0.1, 0.15) is 6.04 Å². The van der Waals surface area contributed by atoms with Gasteiger partial charge in [-0.1, -0.05) is 72.1 Å². The van der Waals surface area contributed by atoms with Crippen LogP contribution in [-0.2, 0) is 14.3 Å². The molecule has 0 aliphatic carbocycles. The molecule has 0 unspecified atom stereocenters. The van der Waals surface area contributed by atoms with Gasteiger partial charge in [0.2, 0.25) is 0 Å². The Hall–Kier alpha value is 0.1000. The van der Waals surface area contributed by atoms with E-state index in [9.17, 15) is 9.59 Å². The van der Waals surface area contributed by atoms with Crippen molar-refractivity contribution in [3.8, 4) is 0 Å². The molecule has 0 spiro atoms. The summed E-state index contributed by atoms with van der Waals surface area (Å²) in [5, 5.41) is 0. The number of hydrogen-bond donors (Lipinski definition) is 1. The molecule has 0 aliphatic rings. The molecule has 0 aliphatic heterocycles. The third kappa shape index (κ3) is 16.7. The average Bonchev–Trinajstić information content (AvgIpc) is 2.44. The van der Waals surface area contributed by atoms with E-state index in [0.29, 0.717) is 18.8 Å². The van der Waals surface area contributed by atoms with Crippen LogP contribution in [0.4, 0.5) is 0 Å². The molecule has 132 valence electrons. The van der Waals surface area contributed by atoms with Gasteiger partial charge in [0, 0.05) is 6.42 Å². The second-order valence-corrected chi connectivity index (χ2v) is 6.61. The summed E-state index contributed by atoms with van der Waals surface area (Å²) >= 11 is 0. The third-order valence-corrected chi connectivity index (χ3v) is 3.73. The van der Waals surface area contributed by atoms with Crippen molar-refractivity contribution in [3.05, 3.63) is 0 Å². The van der Waals surface area contributed by atoms with Gasteiger partial charge in [-0.05, 0) is 18.8 Å². The van der Waals surface area contributed by atoms with Crippen molar-refractivity contribution in [1.82, 2.24) is 0 Å². The number of carbonyl (C=O) groups excluding carboxylic acids is 2. The van der Waals surface area contributed by atoms with E-state index in [-0.39, 0.29) is 29.6 Å². The molecular formula is C18H36NNaO3. The Morgan fingerprint density at radius 3 is 1.87 bits per heavy atom. The summed E-state index contributed by atoms with van der Waals surface area (Å²) < 4.78 is 4.78. The second-order valence-electron chi connectivity index (χ2n) is 6.61. The monoisotopic (exact) mass is 337 g/mol. The summed E-state index contributed by atoms with van der Waals surface area (Å²) in [6.45, 7) is 6.19. The summed E-state index contributed by atoms with van der Waals surface area (Å²) in [6.07, 6.45) is 11.6. The SMILES string of the molecule is CCCCCCCCCCCC(=O)OC(=O)[C@@H](N)CC(C)C.[NaH]. The molecule has 2 N–H and O–H groups in total. The van der Waals surface area contributed by atoms with Crippen LogP contribution in [0.1, 0.15) is 91.4 Å². The molecule has 0 bridgehead atoms. The number of ether oxygens (including phenoxy) is 1. The molecule has 0 aromatic heterocycles. The Morgan fingerprint density at radius 1 is 0.913 bits per heavy atom. The average molecular weight is 337 g/mol. The van der Waals surface area contributed by atoms with Crippen molar-refractivity contribution in [1.29, 1.82) is 0 Å². The van der Waals surface area contributed by atoms with Gasteiger partial charge < -0.3 is 10.5 Å². The predicted molar refractivity (Wildman–Crippen MR) is 97.5 cm³/mol. The number of unbranched alkanes of at least 4 members (excludes halogenated alkanes) is 8. The van der Waals surface area contributed by atoms with E-state index in [1.165, 1.54) is 38.5 Å². The van der Waals surface area contributed by atoms with Crippen LogP contribution in [0, 0.1) is 5.92 Å². The maximum atomic E-state index is 11.6. The van der Waals surface area contributed by atoms with Gasteiger partial charge in [0.15, 0.2) is 0 Å². The van der Waals surface area contributed by atoms with E-state index < -0.39 is 18.0 Å². The van der Waals surface area contributed by atoms with Crippen LogP contribution in [0.25, 0.3) is 0 Å². The van der Waals surface area contributed by atoms with E-state index in [4.69, 9.17) is 10.5 Å². The van der Waals surface area contributed by atoms with Gasteiger partial charge in [0.05, 0.1) is 0 Å². The molecule has 0 heterocycles. The zero-order valence-corrected chi connectivity index (χ0v) is 14.7. The molecule has 1 atom stereocenters. The number of esters is 2. The number of hydrogen-bond acceptors (Lipinski definition) is 4. The molecule has 0 radical (unpaired) electrons. The minimum absolute atomic E-state index is 0. The summed E-state index contributed by atoms with van der Waals surface area (Å²) in [5.41, 5.74) is 5.68. The zero-order chi connectivity index (χ0) is 16.8. The van der Waals surface area contributed by atoms with E-state index in [1.807, 2.05) is 13.8 Å². The fraction of sp³-hybridized carbons (Fsp3) is 0.889. The van der Waals surface area contributed by atoms with Crippen molar-refractivity contribution in [2.45, 2.75) is 97.4 Å². The summed E-state index contributed by atoms with van der Waals surface area (Å²) in [5.74, 6) is -0.711. The van der Waals surface area contributed by atoms with Crippen molar-refractivity contribution in [2.24, 2.45) is 11.7 Å². The maximum absolute atomic E-state index is 11.6. The normalized spacial score (nSPS) is 11.9. The van der Waals surface area contributed by atoms with Crippen LogP contribution >= 0.6 is 0 Å². The summed E-state index contributed by atoms with van der Waals surface area (Å²) in [4.78, 5) is 23.1. The Labute approximate surface area is 164 Å². The Bertz CT molecular complexity index is 309. The predicted octanol–water partition coefficient (Wildman–Crippen LogP) is 3.70. The molecule has 0 saturated heterocycles. The molecule has 0 amide bonds. The van der Waals surface area contributed by atoms with Crippen LogP contribution in [-0.4, -0.2) is 47.5 Å². The van der Waals surface area contributed by atoms with Crippen molar-refractivity contribution < 1.29 is 14.3 Å². The van der Waals surface area contributed by atoms with Gasteiger partial charge >= 0.3 is 41.5 Å². The van der Waals surface area contributed by atoms with Gasteiger partial charge in [-0.25, -0.2) is 4.79 Å². The quantitative estimate of drug-likeness (QED) is 0.241. The first-order valence-corrected chi connectivity index (χ1v) is 8.97. The molecular weight excluding hydrogens is 301 g/mol. The van der Waals surface area contributed by atoms with Crippen LogP contribution in [0.5, 0.6) is 0 Å². The van der Waals surface area contributed by atoms with Gasteiger partial charge in [0.25, 0.3) is 0 Å². The molecule has 0 aromatic rings. The van der Waals surface area contributed by atoms with Crippen molar-refractivity contribution in [3.63, 3.8) is 0 Å². The van der Waals surface area contributed by atoms with Crippen molar-refractivity contribution >= 4 is 41.5 Å². The van der Waals surface area contributed by atoms with Crippen LogP contribution < -0.4 is 5.73 Å². The summed E-state index contributed by atoms with van der Waals surface area (Å²) in [7, 11) is 0. The molecule has 0 saturated carbocycles. The molecule has 0 rings (SSSR count). The topological polar surface area (TPSA) is 69.4 Å². The van der Waals surface area contributed by atoms with Gasteiger partial charge in [-0.15, -0.1) is 0 Å². The van der Waals surface area contributed by atoms with E-state index in [1.54, 1.807) is 0 Å². The molecule has 0 aromatic carbocycles. The number of nitrogens with two attached hydrogens (primary N) is 1. The van der Waals surface area contributed by atoms with E-state index in [2.05, 4.69) is 6.92 Å². The Kier molecular flexibility index (Phi) is 18.7. The first-order valence-electron chi connectivity index (χ1n) is 8.97. The fourth-order valence-corrected chi connectivity index (χ4v) is 2.42. The van der Waals surface area contributed by atoms with Crippen LogP contribution in [0.15, 0.2) is 0 Å². The van der Waals surface area contributed by atoms with E-state index >= 15 is 0 Å². The fourth-order valence-electron chi connectivity index (χ4n) is 2.42. The van der Waals surface area contributed by atoms with Crippen molar-refractivity contribution in [2.75, 3.05) is 0 Å². The Morgan fingerprint density at radius 2 is 1.39 bits per heavy atom. The number of carbonyl (C=O) groups is 2. The second kappa shape index (κ2) is 16.9. The third-order valence-electron chi connectivity index (χ3n) is 3.73. The molecule has 5 heteroatoms. The van der Waals surface area contributed by atoms with Gasteiger partial charge in [-0.2, -0.15) is 0 Å². The number of rotatable bonds is 13. The van der Waals surface area contributed by atoms with Crippen LogP contribution in [0.3, 0.4) is 0 Å². The zero-order valence-electron chi connectivity index (χ0n) is 14.7. The first kappa shape index (κ1) is 25.3. The molecule has 0 fully saturated rings.